The molecule has 2 saturated carbocycles. The first-order valence-corrected chi connectivity index (χ1v) is 15.8. The Labute approximate surface area is 247 Å². The maximum absolute atomic E-state index is 14.1. The minimum absolute atomic E-state index is 0.0152. The monoisotopic (exact) mass is 573 g/mol. The molecule has 0 spiro atoms. The van der Waals surface area contributed by atoms with Gasteiger partial charge in [-0.25, -0.2) is 9.78 Å². The van der Waals surface area contributed by atoms with Crippen molar-refractivity contribution >= 4 is 22.7 Å². The molecule has 0 N–H and O–H groups in total. The van der Waals surface area contributed by atoms with Crippen molar-refractivity contribution < 1.29 is 14.4 Å². The Morgan fingerprint density at radius 1 is 0.976 bits per heavy atom. The molecular weight excluding hydrogens is 530 g/mol. The number of nitriles is 1. The molecule has 5 atom stereocenters. The van der Waals surface area contributed by atoms with Gasteiger partial charge in [-0.2, -0.15) is 5.26 Å². The fourth-order valence-electron chi connectivity index (χ4n) is 8.44. The van der Waals surface area contributed by atoms with Crippen molar-refractivity contribution in [1.82, 2.24) is 14.5 Å². The van der Waals surface area contributed by atoms with E-state index in [-0.39, 0.29) is 23.0 Å². The molecular formula is C33H43N5O4. The molecule has 0 amide bonds. The quantitative estimate of drug-likeness (QED) is 0.255. The molecule has 2 aliphatic carbocycles. The summed E-state index contributed by atoms with van der Waals surface area (Å²) in [5.74, 6) is 1.17. The first-order chi connectivity index (χ1) is 20.2. The number of benzene rings is 1. The van der Waals surface area contributed by atoms with Gasteiger partial charge in [-0.05, 0) is 89.7 Å². The number of para-hydroxylation sites is 2. The number of carbonyl (C=O) groups is 1. The van der Waals surface area contributed by atoms with Crippen LogP contribution in [0.2, 0.25) is 0 Å². The zero-order chi connectivity index (χ0) is 29.4. The van der Waals surface area contributed by atoms with Crippen LogP contribution < -0.4 is 5.56 Å². The molecule has 3 heterocycles. The highest BCUT2D eigenvalue weighted by Gasteiger charge is 2.45. The summed E-state index contributed by atoms with van der Waals surface area (Å²) in [5, 5.41) is 13.8. The molecule has 4 bridgehead atoms. The average Bonchev–Trinajstić information content (AvgIpc) is 2.93. The molecule has 4 fully saturated rings. The average molecular weight is 574 g/mol. The third-order valence-electron chi connectivity index (χ3n) is 9.78. The van der Waals surface area contributed by atoms with Crippen LogP contribution in [0.15, 0.2) is 34.2 Å². The van der Waals surface area contributed by atoms with E-state index in [1.54, 1.807) is 20.8 Å². The Hall–Kier alpha value is -3.25. The number of hydrogen-bond donors (Lipinski definition) is 0. The number of ether oxygens (including phenoxy) is 1. The number of hydrogen-bond acceptors (Lipinski definition) is 8. The van der Waals surface area contributed by atoms with Crippen LogP contribution in [0.5, 0.6) is 0 Å². The Bertz CT molecular complexity index is 1430. The Morgan fingerprint density at radius 2 is 1.64 bits per heavy atom. The molecule has 2 aromatic rings. The number of oxime groups is 1. The van der Waals surface area contributed by atoms with Crippen molar-refractivity contribution in [1.29, 1.82) is 5.26 Å². The standard InChI is InChI=1S/C33H43N5O4/c1-33(2,3)42-30(39)20-41-36-28(19-34)31-32(40)38(29-13-5-4-12-27(29)35-31)26-17-23-10-7-11-24(18-26)37(23)25-15-21-8-6-9-22(14-21)16-25/h4-5,12-13,21-26H,6-11,14-18,20H2,1-3H3/b36-28+/t21?,22?,23-,24+,25?,26?. The fourth-order valence-corrected chi connectivity index (χ4v) is 8.44. The fraction of sp³-hybridized carbons (Fsp3) is 0.667. The highest BCUT2D eigenvalue weighted by molar-refractivity contribution is 6.10. The first-order valence-electron chi connectivity index (χ1n) is 15.8. The van der Waals surface area contributed by atoms with Gasteiger partial charge in [0.1, 0.15) is 11.7 Å². The number of esters is 1. The van der Waals surface area contributed by atoms with Crippen LogP contribution in [0.3, 0.4) is 0 Å². The predicted molar refractivity (Wildman–Crippen MR) is 160 cm³/mol. The number of rotatable bonds is 6. The van der Waals surface area contributed by atoms with Gasteiger partial charge in [0.15, 0.2) is 5.69 Å². The molecule has 6 rings (SSSR count). The summed E-state index contributed by atoms with van der Waals surface area (Å²) in [4.78, 5) is 38.8. The van der Waals surface area contributed by atoms with Gasteiger partial charge in [-0.3, -0.25) is 9.69 Å². The van der Waals surface area contributed by atoms with Crippen molar-refractivity contribution in [2.75, 3.05) is 6.61 Å². The van der Waals surface area contributed by atoms with Crippen LogP contribution in [-0.4, -0.2) is 56.5 Å². The van der Waals surface area contributed by atoms with Gasteiger partial charge in [-0.15, -0.1) is 0 Å². The number of piperidine rings is 2. The summed E-state index contributed by atoms with van der Waals surface area (Å²) in [6.07, 6.45) is 13.7. The lowest BCUT2D eigenvalue weighted by Crippen LogP contribution is -2.58. The topological polar surface area (TPSA) is 110 Å². The maximum atomic E-state index is 14.1. The summed E-state index contributed by atoms with van der Waals surface area (Å²) in [7, 11) is 0. The molecule has 9 heteroatoms. The highest BCUT2D eigenvalue weighted by Crippen LogP contribution is 2.47. The molecule has 1 aromatic heterocycles. The van der Waals surface area contributed by atoms with Gasteiger partial charge in [0.05, 0.1) is 11.0 Å². The molecule has 2 saturated heterocycles. The number of nitrogens with zero attached hydrogens (tertiary/aromatic N) is 5. The summed E-state index contributed by atoms with van der Waals surface area (Å²) < 4.78 is 7.12. The summed E-state index contributed by atoms with van der Waals surface area (Å²) in [6.45, 7) is 4.81. The number of aromatic nitrogens is 2. The lowest BCUT2D eigenvalue weighted by Gasteiger charge is -2.55. The van der Waals surface area contributed by atoms with Gasteiger partial charge in [0.2, 0.25) is 12.3 Å². The third-order valence-corrected chi connectivity index (χ3v) is 9.78. The van der Waals surface area contributed by atoms with Crippen LogP contribution in [-0.2, 0) is 14.4 Å². The second kappa shape index (κ2) is 11.8. The van der Waals surface area contributed by atoms with Gasteiger partial charge >= 0.3 is 5.97 Å². The molecule has 4 aliphatic rings. The minimum atomic E-state index is -0.667. The van der Waals surface area contributed by atoms with Gasteiger partial charge in [0.25, 0.3) is 5.56 Å². The zero-order valence-electron chi connectivity index (χ0n) is 25.1. The highest BCUT2D eigenvalue weighted by atomic mass is 16.7. The number of fused-ring (bicyclic) bond motifs is 5. The molecule has 42 heavy (non-hydrogen) atoms. The van der Waals surface area contributed by atoms with E-state index in [4.69, 9.17) is 9.57 Å². The normalized spacial score (nSPS) is 30.0. The number of carbonyl (C=O) groups excluding carboxylic acids is 1. The van der Waals surface area contributed by atoms with Gasteiger partial charge < -0.3 is 14.1 Å². The van der Waals surface area contributed by atoms with Crippen LogP contribution >= 0.6 is 0 Å². The predicted octanol–water partition coefficient (Wildman–Crippen LogP) is 5.51. The lowest BCUT2D eigenvalue weighted by molar-refractivity contribution is -0.160. The van der Waals surface area contributed by atoms with E-state index >= 15 is 0 Å². The summed E-state index contributed by atoms with van der Waals surface area (Å²) in [5.41, 5.74) is 0.123. The van der Waals surface area contributed by atoms with E-state index in [0.717, 1.165) is 30.2 Å². The third kappa shape index (κ3) is 5.96. The first kappa shape index (κ1) is 28.9. The Balaban J connectivity index is 1.28. The van der Waals surface area contributed by atoms with Gasteiger partial charge in [-0.1, -0.05) is 43.0 Å². The van der Waals surface area contributed by atoms with Crippen LogP contribution in [0.4, 0.5) is 0 Å². The van der Waals surface area contributed by atoms with E-state index in [1.807, 2.05) is 34.9 Å². The Kier molecular flexibility index (Phi) is 8.10. The molecule has 0 radical (unpaired) electrons. The SMILES string of the molecule is CC(C)(C)OC(=O)CO/N=C(\C#N)c1nc2ccccc2n(C2C[C@H]3CCC[C@@H](C2)N3C2CC3CCCC(C3)C2)c1=O. The lowest BCUT2D eigenvalue weighted by atomic mass is 9.68. The second-order valence-electron chi connectivity index (χ2n) is 13.9. The minimum Gasteiger partial charge on any atom is -0.457 e. The zero-order valence-corrected chi connectivity index (χ0v) is 25.1. The molecule has 2 aliphatic heterocycles. The van der Waals surface area contributed by atoms with Crippen LogP contribution in [0, 0.1) is 23.2 Å². The summed E-state index contributed by atoms with van der Waals surface area (Å²) >= 11 is 0. The van der Waals surface area contributed by atoms with Crippen molar-refractivity contribution in [3.8, 4) is 6.07 Å². The Morgan fingerprint density at radius 3 is 2.31 bits per heavy atom. The van der Waals surface area contributed by atoms with Gasteiger partial charge in [0, 0.05) is 24.2 Å². The molecule has 224 valence electrons. The molecule has 3 unspecified atom stereocenters. The van der Waals surface area contributed by atoms with Crippen molar-refractivity contribution in [3.05, 3.63) is 40.3 Å². The van der Waals surface area contributed by atoms with Crippen molar-refractivity contribution in [2.24, 2.45) is 17.0 Å². The van der Waals surface area contributed by atoms with E-state index in [0.29, 0.717) is 23.6 Å². The van der Waals surface area contributed by atoms with Crippen molar-refractivity contribution in [3.63, 3.8) is 0 Å². The van der Waals surface area contributed by atoms with E-state index in [2.05, 4.69) is 15.0 Å². The van der Waals surface area contributed by atoms with E-state index in [9.17, 15) is 14.9 Å². The summed E-state index contributed by atoms with van der Waals surface area (Å²) in [6, 6.07) is 11.2. The smallest absolute Gasteiger partial charge is 0.347 e. The van der Waals surface area contributed by atoms with Crippen LogP contribution in [0.25, 0.3) is 11.0 Å². The molecule has 1 aromatic carbocycles. The van der Waals surface area contributed by atoms with E-state index in [1.165, 1.54) is 57.8 Å². The van der Waals surface area contributed by atoms with Crippen molar-refractivity contribution in [2.45, 2.75) is 121 Å². The van der Waals surface area contributed by atoms with E-state index < -0.39 is 18.2 Å². The maximum Gasteiger partial charge on any atom is 0.347 e. The molecule has 9 nitrogen and oxygen atoms in total. The van der Waals surface area contributed by atoms with Crippen LogP contribution in [0.1, 0.15) is 103 Å². The largest absolute Gasteiger partial charge is 0.457 e. The second-order valence-corrected chi connectivity index (χ2v) is 13.9.